The Labute approximate surface area is 101 Å². The number of nitrogen functional groups attached to an aromatic ring is 1. The van der Waals surface area contributed by atoms with E-state index in [4.69, 9.17) is 5.73 Å². The number of benzene rings is 1. The highest BCUT2D eigenvalue weighted by Gasteiger charge is 2.10. The molecule has 0 aliphatic rings. The third-order valence-corrected chi connectivity index (χ3v) is 3.36. The van der Waals surface area contributed by atoms with Crippen LogP contribution in [0.5, 0.6) is 0 Å². The van der Waals surface area contributed by atoms with Crippen molar-refractivity contribution in [2.24, 2.45) is 0 Å². The maximum Gasteiger partial charge on any atom is 0.214 e. The average Bonchev–Trinajstić information content (AvgIpc) is 2.86. The lowest BCUT2D eigenvalue weighted by atomic mass is 10.1. The molecule has 0 spiro atoms. The first kappa shape index (κ1) is 10.2. The molecule has 0 aliphatic heterocycles. The average molecular weight is 248 g/mol. The number of rotatable bonds is 1. The van der Waals surface area contributed by atoms with Gasteiger partial charge in [0.1, 0.15) is 11.6 Å². The zero-order valence-corrected chi connectivity index (χ0v) is 9.83. The normalized spacial score (nSPS) is 11.2. The summed E-state index contributed by atoms with van der Waals surface area (Å²) in [5, 5.41) is 6.07. The second kappa shape index (κ2) is 3.53. The topological polar surface area (TPSA) is 56.2 Å². The van der Waals surface area contributed by atoms with Gasteiger partial charge >= 0.3 is 0 Å². The largest absolute Gasteiger partial charge is 0.383 e. The van der Waals surface area contributed by atoms with Crippen LogP contribution in [0.15, 0.2) is 23.6 Å². The van der Waals surface area contributed by atoms with Crippen LogP contribution in [0, 0.1) is 12.7 Å². The number of aromatic nitrogens is 3. The van der Waals surface area contributed by atoms with Crippen LogP contribution in [0.4, 0.5) is 10.2 Å². The van der Waals surface area contributed by atoms with Crippen LogP contribution >= 0.6 is 11.3 Å². The van der Waals surface area contributed by atoms with E-state index in [-0.39, 0.29) is 5.82 Å². The molecule has 2 aromatic heterocycles. The summed E-state index contributed by atoms with van der Waals surface area (Å²) in [4.78, 5) is 5.08. The lowest BCUT2D eigenvalue weighted by Gasteiger charge is -1.98. The molecule has 0 fully saturated rings. The molecule has 0 unspecified atom stereocenters. The molecule has 2 N–H and O–H groups in total. The molecular weight excluding hydrogens is 239 g/mol. The van der Waals surface area contributed by atoms with E-state index in [0.717, 1.165) is 10.5 Å². The van der Waals surface area contributed by atoms with Crippen LogP contribution in [0.1, 0.15) is 5.56 Å². The van der Waals surface area contributed by atoms with E-state index < -0.39 is 0 Å². The summed E-state index contributed by atoms with van der Waals surface area (Å²) >= 11 is 1.43. The second-order valence-corrected chi connectivity index (χ2v) is 4.59. The van der Waals surface area contributed by atoms with Crippen LogP contribution in [0.25, 0.3) is 16.3 Å². The Morgan fingerprint density at radius 3 is 2.94 bits per heavy atom. The Bertz CT molecular complexity index is 701. The lowest BCUT2D eigenvalue weighted by molar-refractivity contribution is 0.618. The molecule has 86 valence electrons. The van der Waals surface area contributed by atoms with E-state index in [9.17, 15) is 4.39 Å². The summed E-state index contributed by atoms with van der Waals surface area (Å²) in [6.07, 6.45) is 0. The van der Waals surface area contributed by atoms with Crippen molar-refractivity contribution in [2.45, 2.75) is 6.92 Å². The van der Waals surface area contributed by atoms with E-state index in [1.54, 1.807) is 29.0 Å². The minimum atomic E-state index is -0.228. The molecule has 6 heteroatoms. The van der Waals surface area contributed by atoms with Crippen molar-refractivity contribution >= 4 is 22.1 Å². The Hall–Kier alpha value is -1.95. The van der Waals surface area contributed by atoms with E-state index >= 15 is 0 Å². The Kier molecular flexibility index (Phi) is 2.12. The van der Waals surface area contributed by atoms with Crippen LogP contribution in [0.3, 0.4) is 0 Å². The van der Waals surface area contributed by atoms with Gasteiger partial charge in [0.2, 0.25) is 4.96 Å². The number of hydrogen-bond acceptors (Lipinski definition) is 4. The van der Waals surface area contributed by atoms with Crippen LogP contribution in [-0.2, 0) is 0 Å². The first-order valence-electron chi connectivity index (χ1n) is 5.01. The van der Waals surface area contributed by atoms with Crippen LogP contribution in [-0.4, -0.2) is 14.6 Å². The zero-order valence-electron chi connectivity index (χ0n) is 9.01. The van der Waals surface area contributed by atoms with E-state index in [1.165, 1.54) is 17.4 Å². The highest BCUT2D eigenvalue weighted by Crippen LogP contribution is 2.23. The van der Waals surface area contributed by atoms with Gasteiger partial charge in [0.15, 0.2) is 5.82 Å². The molecule has 3 aromatic rings. The molecular formula is C11H9FN4S. The maximum atomic E-state index is 13.2. The zero-order chi connectivity index (χ0) is 12.0. The molecule has 0 radical (unpaired) electrons. The van der Waals surface area contributed by atoms with Crippen molar-refractivity contribution in [3.8, 4) is 11.4 Å². The standard InChI is InChI=1S/C11H9FN4S/c1-6-4-7(2-3-8(6)12)10-14-11-16(15-10)9(13)5-17-11/h2-5H,13H2,1H3. The molecule has 3 rings (SSSR count). The minimum absolute atomic E-state index is 0.228. The van der Waals surface area contributed by atoms with Gasteiger partial charge in [-0.05, 0) is 30.7 Å². The predicted molar refractivity (Wildman–Crippen MR) is 65.4 cm³/mol. The lowest BCUT2D eigenvalue weighted by Crippen LogP contribution is -1.92. The number of hydrogen-bond donors (Lipinski definition) is 1. The molecule has 0 saturated carbocycles. The van der Waals surface area contributed by atoms with Gasteiger partial charge in [-0.25, -0.2) is 4.39 Å². The number of thiazole rings is 1. The number of aryl methyl sites for hydroxylation is 1. The summed E-state index contributed by atoms with van der Waals surface area (Å²) < 4.78 is 14.7. The highest BCUT2D eigenvalue weighted by atomic mass is 32.1. The fraction of sp³-hybridized carbons (Fsp3) is 0.0909. The van der Waals surface area contributed by atoms with Crippen molar-refractivity contribution in [1.82, 2.24) is 14.6 Å². The highest BCUT2D eigenvalue weighted by molar-refractivity contribution is 7.15. The first-order chi connectivity index (χ1) is 8.15. The summed E-state index contributed by atoms with van der Waals surface area (Å²) in [5.74, 6) is 0.892. The van der Waals surface area contributed by atoms with Crippen LogP contribution in [0.2, 0.25) is 0 Å². The van der Waals surface area contributed by atoms with Gasteiger partial charge in [-0.15, -0.1) is 16.4 Å². The van der Waals surface area contributed by atoms with Crippen molar-refractivity contribution < 1.29 is 4.39 Å². The van der Waals surface area contributed by atoms with Gasteiger partial charge in [-0.2, -0.15) is 9.50 Å². The van der Waals surface area contributed by atoms with Gasteiger partial charge in [0.05, 0.1) is 0 Å². The Morgan fingerprint density at radius 1 is 1.41 bits per heavy atom. The molecule has 0 bridgehead atoms. The van der Waals surface area contributed by atoms with Gasteiger partial charge in [0, 0.05) is 10.9 Å². The number of nitrogens with zero attached hydrogens (tertiary/aromatic N) is 3. The summed E-state index contributed by atoms with van der Waals surface area (Å²) in [6.45, 7) is 1.71. The maximum absolute atomic E-state index is 13.2. The van der Waals surface area contributed by atoms with E-state index in [1.807, 2.05) is 0 Å². The molecule has 2 heterocycles. The third-order valence-electron chi connectivity index (χ3n) is 2.52. The summed E-state index contributed by atoms with van der Waals surface area (Å²) in [5.41, 5.74) is 7.10. The van der Waals surface area contributed by atoms with Crippen molar-refractivity contribution in [1.29, 1.82) is 0 Å². The fourth-order valence-corrected chi connectivity index (χ4v) is 2.32. The van der Waals surface area contributed by atoms with E-state index in [0.29, 0.717) is 17.2 Å². The van der Waals surface area contributed by atoms with Crippen LogP contribution < -0.4 is 5.73 Å². The Morgan fingerprint density at radius 2 is 2.24 bits per heavy atom. The summed E-state index contributed by atoms with van der Waals surface area (Å²) in [6, 6.07) is 4.81. The quantitative estimate of drug-likeness (QED) is 0.719. The molecule has 0 atom stereocenters. The number of nitrogens with two attached hydrogens (primary N) is 1. The third kappa shape index (κ3) is 1.57. The van der Waals surface area contributed by atoms with Crippen molar-refractivity contribution in [2.75, 3.05) is 5.73 Å². The fourth-order valence-electron chi connectivity index (χ4n) is 1.61. The first-order valence-corrected chi connectivity index (χ1v) is 5.89. The molecule has 4 nitrogen and oxygen atoms in total. The summed E-state index contributed by atoms with van der Waals surface area (Å²) in [7, 11) is 0. The van der Waals surface area contributed by atoms with Gasteiger partial charge < -0.3 is 5.73 Å². The predicted octanol–water partition coefficient (Wildman–Crippen LogP) is 2.49. The van der Waals surface area contributed by atoms with E-state index in [2.05, 4.69) is 10.1 Å². The second-order valence-electron chi connectivity index (χ2n) is 3.75. The Balaban J connectivity index is 2.16. The number of fused-ring (bicyclic) bond motifs is 1. The SMILES string of the molecule is Cc1cc(-c2nc3scc(N)n3n2)ccc1F. The number of anilines is 1. The van der Waals surface area contributed by atoms with Crippen molar-refractivity contribution in [3.63, 3.8) is 0 Å². The molecule has 0 saturated heterocycles. The monoisotopic (exact) mass is 248 g/mol. The molecule has 0 aliphatic carbocycles. The molecule has 1 aromatic carbocycles. The minimum Gasteiger partial charge on any atom is -0.383 e. The molecule has 0 amide bonds. The van der Waals surface area contributed by atoms with Crippen molar-refractivity contribution in [3.05, 3.63) is 35.0 Å². The van der Waals surface area contributed by atoms with Gasteiger partial charge in [0.25, 0.3) is 0 Å². The smallest absolute Gasteiger partial charge is 0.214 e. The molecule has 17 heavy (non-hydrogen) atoms. The van der Waals surface area contributed by atoms with Gasteiger partial charge in [-0.1, -0.05) is 0 Å². The number of halogens is 1. The van der Waals surface area contributed by atoms with Gasteiger partial charge in [-0.3, -0.25) is 0 Å².